The first kappa shape index (κ1) is 9.18. The van der Waals surface area contributed by atoms with Crippen molar-refractivity contribution >= 4 is 38.6 Å². The summed E-state index contributed by atoms with van der Waals surface area (Å²) in [6.07, 6.45) is 1.82. The van der Waals surface area contributed by atoms with Crippen LogP contribution in [0.2, 0.25) is 0 Å². The SMILES string of the molecule is O=c1sccn1Cc1csc(Br)c1. The van der Waals surface area contributed by atoms with Gasteiger partial charge in [0.15, 0.2) is 0 Å². The zero-order valence-corrected chi connectivity index (χ0v) is 9.79. The maximum atomic E-state index is 11.2. The van der Waals surface area contributed by atoms with Gasteiger partial charge in [0.1, 0.15) is 0 Å². The highest BCUT2D eigenvalue weighted by Crippen LogP contribution is 2.20. The summed E-state index contributed by atoms with van der Waals surface area (Å²) < 4.78 is 2.81. The molecule has 0 saturated carbocycles. The Morgan fingerprint density at radius 2 is 2.31 bits per heavy atom. The van der Waals surface area contributed by atoms with Gasteiger partial charge < -0.3 is 4.57 Å². The van der Waals surface area contributed by atoms with Gasteiger partial charge in [-0.15, -0.1) is 11.3 Å². The first-order valence-electron chi connectivity index (χ1n) is 3.62. The Morgan fingerprint density at radius 3 is 2.85 bits per heavy atom. The minimum atomic E-state index is 0.0994. The molecule has 0 aromatic carbocycles. The van der Waals surface area contributed by atoms with E-state index in [1.54, 1.807) is 15.9 Å². The molecule has 0 atom stereocenters. The highest BCUT2D eigenvalue weighted by Gasteiger charge is 2.00. The zero-order chi connectivity index (χ0) is 9.26. The highest BCUT2D eigenvalue weighted by atomic mass is 79.9. The van der Waals surface area contributed by atoms with E-state index in [0.29, 0.717) is 6.54 Å². The Morgan fingerprint density at radius 1 is 1.46 bits per heavy atom. The number of hydrogen-bond acceptors (Lipinski definition) is 3. The number of thiazole rings is 1. The molecule has 0 spiro atoms. The van der Waals surface area contributed by atoms with Crippen molar-refractivity contribution in [3.05, 3.63) is 42.0 Å². The molecular weight excluding hydrogens is 270 g/mol. The van der Waals surface area contributed by atoms with Crippen LogP contribution in [0.3, 0.4) is 0 Å². The predicted molar refractivity (Wildman–Crippen MR) is 59.7 cm³/mol. The first-order chi connectivity index (χ1) is 6.25. The van der Waals surface area contributed by atoms with E-state index in [9.17, 15) is 4.79 Å². The molecule has 0 aliphatic rings. The summed E-state index contributed by atoms with van der Waals surface area (Å²) in [4.78, 5) is 11.3. The second kappa shape index (κ2) is 3.77. The van der Waals surface area contributed by atoms with Crippen molar-refractivity contribution < 1.29 is 0 Å². The molecule has 2 nitrogen and oxygen atoms in total. The van der Waals surface area contributed by atoms with Gasteiger partial charge in [0.25, 0.3) is 0 Å². The molecule has 0 aliphatic heterocycles. The normalized spacial score (nSPS) is 10.5. The number of halogens is 1. The molecule has 2 rings (SSSR count). The van der Waals surface area contributed by atoms with Gasteiger partial charge in [0.05, 0.1) is 10.3 Å². The van der Waals surface area contributed by atoms with Crippen LogP contribution in [-0.4, -0.2) is 4.57 Å². The van der Waals surface area contributed by atoms with E-state index in [1.807, 2.05) is 23.0 Å². The lowest BCUT2D eigenvalue weighted by molar-refractivity contribution is 0.786. The van der Waals surface area contributed by atoms with Crippen LogP contribution in [0.5, 0.6) is 0 Å². The van der Waals surface area contributed by atoms with E-state index in [4.69, 9.17) is 0 Å². The van der Waals surface area contributed by atoms with Crippen molar-refractivity contribution in [2.24, 2.45) is 0 Å². The molecule has 0 saturated heterocycles. The molecule has 68 valence electrons. The van der Waals surface area contributed by atoms with Crippen molar-refractivity contribution in [3.63, 3.8) is 0 Å². The van der Waals surface area contributed by atoms with Gasteiger partial charge in [-0.25, -0.2) is 0 Å². The Hall–Kier alpha value is -0.390. The van der Waals surface area contributed by atoms with Gasteiger partial charge in [-0.2, -0.15) is 0 Å². The zero-order valence-electron chi connectivity index (χ0n) is 6.57. The maximum absolute atomic E-state index is 11.2. The molecule has 5 heteroatoms. The summed E-state index contributed by atoms with van der Waals surface area (Å²) in [6, 6.07) is 2.04. The highest BCUT2D eigenvalue weighted by molar-refractivity contribution is 9.11. The second-order valence-corrected chi connectivity index (χ2v) is 5.70. The van der Waals surface area contributed by atoms with Gasteiger partial charge in [-0.3, -0.25) is 4.79 Å². The van der Waals surface area contributed by atoms with Crippen LogP contribution in [0.1, 0.15) is 5.56 Å². The van der Waals surface area contributed by atoms with Gasteiger partial charge in [0, 0.05) is 11.6 Å². The second-order valence-electron chi connectivity index (χ2n) is 2.56. The van der Waals surface area contributed by atoms with Crippen molar-refractivity contribution in [1.82, 2.24) is 4.57 Å². The summed E-state index contributed by atoms with van der Waals surface area (Å²) in [5.74, 6) is 0. The van der Waals surface area contributed by atoms with Crippen molar-refractivity contribution in [1.29, 1.82) is 0 Å². The molecule has 0 N–H and O–H groups in total. The minimum absolute atomic E-state index is 0.0994. The Bertz CT molecular complexity index is 456. The Kier molecular flexibility index (Phi) is 2.66. The molecule has 0 radical (unpaired) electrons. The number of hydrogen-bond donors (Lipinski definition) is 0. The Labute approximate surface area is 91.6 Å². The number of aromatic nitrogens is 1. The quantitative estimate of drug-likeness (QED) is 0.826. The van der Waals surface area contributed by atoms with E-state index < -0.39 is 0 Å². The van der Waals surface area contributed by atoms with Gasteiger partial charge in [-0.1, -0.05) is 11.3 Å². The molecule has 0 fully saturated rings. The monoisotopic (exact) mass is 275 g/mol. The fourth-order valence-corrected chi connectivity index (χ4v) is 2.82. The van der Waals surface area contributed by atoms with E-state index in [-0.39, 0.29) is 4.87 Å². The third-order valence-corrected chi connectivity index (χ3v) is 3.87. The van der Waals surface area contributed by atoms with Gasteiger partial charge in [0.2, 0.25) is 0 Å². The van der Waals surface area contributed by atoms with Crippen LogP contribution < -0.4 is 4.87 Å². The number of rotatable bonds is 2. The van der Waals surface area contributed by atoms with E-state index in [0.717, 1.165) is 9.35 Å². The van der Waals surface area contributed by atoms with Crippen LogP contribution >= 0.6 is 38.6 Å². The van der Waals surface area contributed by atoms with Gasteiger partial charge in [-0.05, 0) is 32.9 Å². The average Bonchev–Trinajstić information content (AvgIpc) is 2.64. The fraction of sp³-hybridized carbons (Fsp3) is 0.125. The molecule has 13 heavy (non-hydrogen) atoms. The molecule has 0 amide bonds. The average molecular weight is 276 g/mol. The topological polar surface area (TPSA) is 22.0 Å². The van der Waals surface area contributed by atoms with Crippen LogP contribution in [0.4, 0.5) is 0 Å². The molecular formula is C8H6BrNOS2. The lowest BCUT2D eigenvalue weighted by atomic mass is 10.3. The molecule has 2 aromatic heterocycles. The smallest absolute Gasteiger partial charge is 0.301 e. The lowest BCUT2D eigenvalue weighted by Crippen LogP contribution is -2.11. The Balaban J connectivity index is 2.24. The van der Waals surface area contributed by atoms with Crippen LogP contribution in [-0.2, 0) is 6.54 Å². The van der Waals surface area contributed by atoms with E-state index in [1.165, 1.54) is 11.3 Å². The summed E-state index contributed by atoms with van der Waals surface area (Å²) in [5.41, 5.74) is 1.16. The molecule has 0 unspecified atom stereocenters. The first-order valence-corrected chi connectivity index (χ1v) is 6.18. The van der Waals surface area contributed by atoms with Gasteiger partial charge >= 0.3 is 4.87 Å². The lowest BCUT2D eigenvalue weighted by Gasteiger charge is -1.96. The number of thiophene rings is 1. The van der Waals surface area contributed by atoms with Crippen LogP contribution in [0.15, 0.2) is 31.6 Å². The summed E-state index contributed by atoms with van der Waals surface area (Å²) >= 11 is 6.25. The third-order valence-electron chi connectivity index (χ3n) is 1.62. The van der Waals surface area contributed by atoms with Crippen LogP contribution in [0, 0.1) is 0 Å². The standard InChI is InChI=1S/C8H6BrNOS2/c9-7-3-6(5-13-7)4-10-1-2-12-8(10)11/h1-3,5H,4H2. The van der Waals surface area contributed by atoms with Crippen molar-refractivity contribution in [3.8, 4) is 0 Å². The van der Waals surface area contributed by atoms with Crippen molar-refractivity contribution in [2.45, 2.75) is 6.54 Å². The van der Waals surface area contributed by atoms with E-state index >= 15 is 0 Å². The third kappa shape index (κ3) is 2.10. The largest absolute Gasteiger partial charge is 0.307 e. The molecule has 2 aromatic rings. The van der Waals surface area contributed by atoms with Crippen molar-refractivity contribution in [2.75, 3.05) is 0 Å². The summed E-state index contributed by atoms with van der Waals surface area (Å²) in [5, 5.41) is 3.86. The predicted octanol–water partition coefficient (Wildman–Crippen LogP) is 2.78. The number of nitrogens with zero attached hydrogens (tertiary/aromatic N) is 1. The van der Waals surface area contributed by atoms with E-state index in [2.05, 4.69) is 15.9 Å². The molecule has 0 bridgehead atoms. The molecule has 0 aliphatic carbocycles. The fourth-order valence-electron chi connectivity index (χ4n) is 1.03. The minimum Gasteiger partial charge on any atom is -0.301 e. The maximum Gasteiger partial charge on any atom is 0.307 e. The molecule has 2 heterocycles. The summed E-state index contributed by atoms with van der Waals surface area (Å²) in [6.45, 7) is 0.671. The van der Waals surface area contributed by atoms with Crippen LogP contribution in [0.25, 0.3) is 0 Å². The summed E-state index contributed by atoms with van der Waals surface area (Å²) in [7, 11) is 0.